The lowest BCUT2D eigenvalue weighted by atomic mass is 10.0. The van der Waals surface area contributed by atoms with E-state index in [-0.39, 0.29) is 23.7 Å². The summed E-state index contributed by atoms with van der Waals surface area (Å²) in [6, 6.07) is 7.45. The van der Waals surface area contributed by atoms with Gasteiger partial charge in [-0.15, -0.1) is 0 Å². The molecule has 0 atom stereocenters. The number of pyridine rings is 1. The normalized spacial score (nSPS) is 14.7. The van der Waals surface area contributed by atoms with E-state index in [0.717, 1.165) is 0 Å². The minimum Gasteiger partial charge on any atom is -0.437 e. The molecule has 0 aliphatic carbocycles. The van der Waals surface area contributed by atoms with E-state index in [1.807, 2.05) is 0 Å². The number of carbonyl (C=O) groups excluding carboxylic acids is 2. The Morgan fingerprint density at radius 2 is 2.04 bits per heavy atom. The molecular formula is C19H19BrFN3O3. The highest BCUT2D eigenvalue weighted by Crippen LogP contribution is 2.31. The van der Waals surface area contributed by atoms with Gasteiger partial charge in [-0.05, 0) is 59.1 Å². The van der Waals surface area contributed by atoms with Crippen LogP contribution in [-0.2, 0) is 4.79 Å². The highest BCUT2D eigenvalue weighted by Gasteiger charge is 2.26. The van der Waals surface area contributed by atoms with Crippen LogP contribution in [0.25, 0.3) is 0 Å². The Morgan fingerprint density at radius 1 is 1.30 bits per heavy atom. The van der Waals surface area contributed by atoms with Crippen molar-refractivity contribution >= 4 is 27.7 Å². The standard InChI is InChI=1S/C19H19BrFN3O3/c1-12(25)23-14-6-9-24(10-7-14)19(26)15-3-2-8-22-18(15)27-17-5-4-13(21)11-16(17)20/h2-5,8,11,14H,6-7,9-10H2,1H3,(H,23,25). The summed E-state index contributed by atoms with van der Waals surface area (Å²) >= 11 is 3.25. The molecule has 142 valence electrons. The van der Waals surface area contributed by atoms with Crippen LogP contribution in [0, 0.1) is 5.82 Å². The number of likely N-dealkylation sites (tertiary alicyclic amines) is 1. The number of halogens is 2. The van der Waals surface area contributed by atoms with Crippen molar-refractivity contribution in [1.82, 2.24) is 15.2 Å². The minimum atomic E-state index is -0.395. The van der Waals surface area contributed by atoms with Gasteiger partial charge < -0.3 is 15.0 Å². The zero-order chi connectivity index (χ0) is 19.4. The maximum Gasteiger partial charge on any atom is 0.259 e. The Hall–Kier alpha value is -2.48. The smallest absolute Gasteiger partial charge is 0.259 e. The molecule has 1 aromatic carbocycles. The lowest BCUT2D eigenvalue weighted by Gasteiger charge is -2.32. The number of nitrogens with zero attached hydrogens (tertiary/aromatic N) is 2. The first-order chi connectivity index (χ1) is 12.9. The van der Waals surface area contributed by atoms with Crippen molar-refractivity contribution in [1.29, 1.82) is 0 Å². The Balaban J connectivity index is 1.74. The molecule has 1 fully saturated rings. The largest absolute Gasteiger partial charge is 0.437 e. The molecule has 1 aromatic heterocycles. The van der Waals surface area contributed by atoms with Gasteiger partial charge in [0.1, 0.15) is 17.1 Å². The van der Waals surface area contributed by atoms with Crippen molar-refractivity contribution in [3.63, 3.8) is 0 Å². The molecule has 8 heteroatoms. The van der Waals surface area contributed by atoms with Gasteiger partial charge in [-0.1, -0.05) is 0 Å². The number of benzene rings is 1. The average Bonchev–Trinajstić information content (AvgIpc) is 2.64. The number of piperidine rings is 1. The van der Waals surface area contributed by atoms with Crippen LogP contribution in [0.15, 0.2) is 41.0 Å². The van der Waals surface area contributed by atoms with Crippen LogP contribution in [-0.4, -0.2) is 40.8 Å². The summed E-state index contributed by atoms with van der Waals surface area (Å²) < 4.78 is 19.4. The second-order valence-corrected chi connectivity index (χ2v) is 7.15. The molecule has 2 amide bonds. The van der Waals surface area contributed by atoms with Crippen LogP contribution >= 0.6 is 15.9 Å². The van der Waals surface area contributed by atoms with Crippen LogP contribution in [0.3, 0.4) is 0 Å². The molecule has 1 aliphatic heterocycles. The predicted octanol–water partition coefficient (Wildman–Crippen LogP) is 3.52. The summed E-state index contributed by atoms with van der Waals surface area (Å²) in [5.41, 5.74) is 0.340. The Morgan fingerprint density at radius 3 is 2.70 bits per heavy atom. The molecule has 1 saturated heterocycles. The molecule has 2 heterocycles. The van der Waals surface area contributed by atoms with Crippen LogP contribution in [0.4, 0.5) is 4.39 Å². The lowest BCUT2D eigenvalue weighted by Crippen LogP contribution is -2.46. The van der Waals surface area contributed by atoms with E-state index >= 15 is 0 Å². The monoisotopic (exact) mass is 435 g/mol. The molecule has 0 spiro atoms. The number of nitrogens with one attached hydrogen (secondary N) is 1. The summed E-state index contributed by atoms with van der Waals surface area (Å²) in [6.45, 7) is 2.57. The zero-order valence-corrected chi connectivity index (χ0v) is 16.3. The minimum absolute atomic E-state index is 0.0624. The molecule has 1 aliphatic rings. The first-order valence-corrected chi connectivity index (χ1v) is 9.37. The highest BCUT2D eigenvalue weighted by atomic mass is 79.9. The van der Waals surface area contributed by atoms with E-state index < -0.39 is 5.82 Å². The van der Waals surface area contributed by atoms with Gasteiger partial charge in [0.25, 0.3) is 5.91 Å². The van der Waals surface area contributed by atoms with E-state index in [1.165, 1.54) is 31.3 Å². The molecule has 0 unspecified atom stereocenters. The third kappa shape index (κ3) is 4.82. The van der Waals surface area contributed by atoms with Gasteiger partial charge >= 0.3 is 0 Å². The number of carbonyl (C=O) groups is 2. The molecular weight excluding hydrogens is 417 g/mol. The second kappa shape index (κ2) is 8.47. The maximum absolute atomic E-state index is 13.3. The summed E-state index contributed by atoms with van der Waals surface area (Å²) in [5, 5.41) is 2.89. The first kappa shape index (κ1) is 19.3. The molecule has 0 bridgehead atoms. The third-order valence-corrected chi connectivity index (χ3v) is 4.91. The van der Waals surface area contributed by atoms with Crippen molar-refractivity contribution < 1.29 is 18.7 Å². The number of amides is 2. The quantitative estimate of drug-likeness (QED) is 0.797. The van der Waals surface area contributed by atoms with E-state index in [9.17, 15) is 14.0 Å². The van der Waals surface area contributed by atoms with Gasteiger partial charge in [0.2, 0.25) is 11.8 Å². The molecule has 3 rings (SSSR count). The fraction of sp³-hybridized carbons (Fsp3) is 0.316. The van der Waals surface area contributed by atoms with E-state index in [2.05, 4.69) is 26.2 Å². The van der Waals surface area contributed by atoms with Crippen molar-refractivity contribution in [2.45, 2.75) is 25.8 Å². The zero-order valence-electron chi connectivity index (χ0n) is 14.7. The number of hydrogen-bond acceptors (Lipinski definition) is 4. The third-order valence-electron chi connectivity index (χ3n) is 4.29. The van der Waals surface area contributed by atoms with E-state index in [0.29, 0.717) is 41.7 Å². The molecule has 0 radical (unpaired) electrons. The van der Waals surface area contributed by atoms with E-state index in [1.54, 1.807) is 17.0 Å². The number of ether oxygens (including phenoxy) is 1. The summed E-state index contributed by atoms with van der Waals surface area (Å²) in [7, 11) is 0. The first-order valence-electron chi connectivity index (χ1n) is 8.58. The summed E-state index contributed by atoms with van der Waals surface area (Å²) in [6.07, 6.45) is 2.93. The summed E-state index contributed by atoms with van der Waals surface area (Å²) in [4.78, 5) is 30.0. The van der Waals surface area contributed by atoms with Gasteiger partial charge in [0, 0.05) is 32.3 Å². The molecule has 0 saturated carbocycles. The molecule has 2 aromatic rings. The SMILES string of the molecule is CC(=O)NC1CCN(C(=O)c2cccnc2Oc2ccc(F)cc2Br)CC1. The lowest BCUT2D eigenvalue weighted by molar-refractivity contribution is -0.119. The Kier molecular flexibility index (Phi) is 6.05. The molecule has 27 heavy (non-hydrogen) atoms. The van der Waals surface area contributed by atoms with Crippen LogP contribution < -0.4 is 10.1 Å². The Bertz CT molecular complexity index is 854. The number of hydrogen-bond donors (Lipinski definition) is 1. The van der Waals surface area contributed by atoms with Crippen LogP contribution in [0.5, 0.6) is 11.6 Å². The van der Waals surface area contributed by atoms with Gasteiger partial charge in [-0.25, -0.2) is 9.37 Å². The van der Waals surface area contributed by atoms with Crippen LogP contribution in [0.2, 0.25) is 0 Å². The average molecular weight is 436 g/mol. The fourth-order valence-electron chi connectivity index (χ4n) is 2.98. The second-order valence-electron chi connectivity index (χ2n) is 6.30. The predicted molar refractivity (Wildman–Crippen MR) is 101 cm³/mol. The molecule has 1 N–H and O–H groups in total. The van der Waals surface area contributed by atoms with Crippen molar-refractivity contribution in [3.8, 4) is 11.6 Å². The number of aromatic nitrogens is 1. The number of rotatable bonds is 4. The fourth-order valence-corrected chi connectivity index (χ4v) is 3.41. The van der Waals surface area contributed by atoms with Crippen molar-refractivity contribution in [2.24, 2.45) is 0 Å². The molecule has 6 nitrogen and oxygen atoms in total. The van der Waals surface area contributed by atoms with Gasteiger partial charge in [-0.2, -0.15) is 0 Å². The van der Waals surface area contributed by atoms with Gasteiger partial charge in [-0.3, -0.25) is 9.59 Å². The summed E-state index contributed by atoms with van der Waals surface area (Å²) in [5.74, 6) is -0.105. The van der Waals surface area contributed by atoms with Gasteiger partial charge in [0.05, 0.1) is 4.47 Å². The van der Waals surface area contributed by atoms with Crippen molar-refractivity contribution in [3.05, 3.63) is 52.4 Å². The maximum atomic E-state index is 13.3. The van der Waals surface area contributed by atoms with Gasteiger partial charge in [0.15, 0.2) is 0 Å². The van der Waals surface area contributed by atoms with E-state index in [4.69, 9.17) is 4.74 Å². The van der Waals surface area contributed by atoms with Crippen molar-refractivity contribution in [2.75, 3.05) is 13.1 Å². The topological polar surface area (TPSA) is 71.5 Å². The Labute approximate surface area is 164 Å². The van der Waals surface area contributed by atoms with Crippen LogP contribution in [0.1, 0.15) is 30.1 Å². The highest BCUT2D eigenvalue weighted by molar-refractivity contribution is 9.10.